The number of thiazole rings is 1. The number of aliphatic hydroxyl groups is 1. The van der Waals surface area contributed by atoms with Gasteiger partial charge in [-0.25, -0.2) is 4.98 Å². The Bertz CT molecular complexity index is 554. The molecule has 106 valence electrons. The molecular weight excluding hydrogens is 272 g/mol. The lowest BCUT2D eigenvalue weighted by atomic mass is 10.1. The molecule has 20 heavy (non-hydrogen) atoms. The van der Waals surface area contributed by atoms with Crippen molar-refractivity contribution in [3.05, 3.63) is 52.0 Å². The van der Waals surface area contributed by atoms with Gasteiger partial charge in [0.05, 0.1) is 23.2 Å². The Kier molecular flexibility index (Phi) is 5.26. The van der Waals surface area contributed by atoms with Crippen LogP contribution in [0.25, 0.3) is 0 Å². The first-order chi connectivity index (χ1) is 9.65. The van der Waals surface area contributed by atoms with E-state index in [0.717, 1.165) is 22.7 Å². The average Bonchev–Trinajstić information content (AvgIpc) is 2.85. The lowest BCUT2D eigenvalue weighted by molar-refractivity contribution is -0.123. The summed E-state index contributed by atoms with van der Waals surface area (Å²) in [6.45, 7) is 2.51. The van der Waals surface area contributed by atoms with Gasteiger partial charge in [0.1, 0.15) is 0 Å². The summed E-state index contributed by atoms with van der Waals surface area (Å²) >= 11 is 1.61. The van der Waals surface area contributed by atoms with E-state index in [2.05, 4.69) is 10.3 Å². The molecule has 1 amide bonds. The van der Waals surface area contributed by atoms with Gasteiger partial charge in [0, 0.05) is 18.3 Å². The van der Waals surface area contributed by atoms with E-state index in [-0.39, 0.29) is 12.3 Å². The van der Waals surface area contributed by atoms with Crippen LogP contribution in [0.3, 0.4) is 0 Å². The minimum atomic E-state index is -0.752. The first-order valence-electron chi connectivity index (χ1n) is 6.56. The van der Waals surface area contributed by atoms with Crippen LogP contribution in [-0.4, -0.2) is 22.5 Å². The van der Waals surface area contributed by atoms with Gasteiger partial charge in [0.15, 0.2) is 0 Å². The summed E-state index contributed by atoms with van der Waals surface area (Å²) in [5.74, 6) is -0.145. The summed E-state index contributed by atoms with van der Waals surface area (Å²) in [4.78, 5) is 16.1. The summed E-state index contributed by atoms with van der Waals surface area (Å²) in [5, 5.41) is 15.8. The second-order valence-corrected chi connectivity index (χ2v) is 5.65. The number of nitrogens with one attached hydrogen (secondary N) is 1. The lowest BCUT2D eigenvalue weighted by Crippen LogP contribution is -2.27. The molecule has 2 N–H and O–H groups in total. The van der Waals surface area contributed by atoms with E-state index < -0.39 is 6.10 Å². The second-order valence-electron chi connectivity index (χ2n) is 4.59. The van der Waals surface area contributed by atoms with Gasteiger partial charge in [0.25, 0.3) is 0 Å². The third-order valence-corrected chi connectivity index (χ3v) is 3.76. The van der Waals surface area contributed by atoms with Gasteiger partial charge >= 0.3 is 0 Å². The highest BCUT2D eigenvalue weighted by atomic mass is 32.1. The van der Waals surface area contributed by atoms with E-state index in [1.54, 1.807) is 11.3 Å². The van der Waals surface area contributed by atoms with Crippen molar-refractivity contribution in [1.29, 1.82) is 0 Å². The highest BCUT2D eigenvalue weighted by Gasteiger charge is 2.12. The number of amides is 1. The zero-order valence-corrected chi connectivity index (χ0v) is 12.2. The van der Waals surface area contributed by atoms with E-state index in [4.69, 9.17) is 0 Å². The summed E-state index contributed by atoms with van der Waals surface area (Å²) in [7, 11) is 0. The lowest BCUT2D eigenvalue weighted by Gasteiger charge is -2.10. The molecule has 2 rings (SSSR count). The SMILES string of the molecule is Cc1nc(CCNC(=O)CC(O)c2ccccc2)cs1. The van der Waals surface area contributed by atoms with Crippen LogP contribution in [0.15, 0.2) is 35.7 Å². The summed E-state index contributed by atoms with van der Waals surface area (Å²) < 4.78 is 0. The van der Waals surface area contributed by atoms with E-state index >= 15 is 0 Å². The molecule has 0 saturated carbocycles. The predicted molar refractivity (Wildman–Crippen MR) is 79.6 cm³/mol. The molecule has 5 heteroatoms. The number of rotatable bonds is 6. The van der Waals surface area contributed by atoms with Crippen molar-refractivity contribution in [1.82, 2.24) is 10.3 Å². The molecular formula is C15H18N2O2S. The Hall–Kier alpha value is -1.72. The molecule has 0 saturated heterocycles. The molecule has 0 spiro atoms. The smallest absolute Gasteiger partial charge is 0.222 e. The maximum Gasteiger partial charge on any atom is 0.222 e. The van der Waals surface area contributed by atoms with Crippen LogP contribution in [-0.2, 0) is 11.2 Å². The summed E-state index contributed by atoms with van der Waals surface area (Å²) in [6.07, 6.45) is 0.0511. The number of hydrogen-bond donors (Lipinski definition) is 2. The maximum atomic E-state index is 11.7. The maximum absolute atomic E-state index is 11.7. The van der Waals surface area contributed by atoms with Crippen molar-refractivity contribution in [2.45, 2.75) is 25.9 Å². The van der Waals surface area contributed by atoms with Crippen LogP contribution in [0.4, 0.5) is 0 Å². The van der Waals surface area contributed by atoms with Crippen LogP contribution in [0, 0.1) is 6.92 Å². The quantitative estimate of drug-likeness (QED) is 0.857. The molecule has 0 radical (unpaired) electrons. The van der Waals surface area contributed by atoms with E-state index in [1.165, 1.54) is 0 Å². The fraction of sp³-hybridized carbons (Fsp3) is 0.333. The molecule has 0 aliphatic heterocycles. The Morgan fingerprint density at radius 3 is 2.80 bits per heavy atom. The van der Waals surface area contributed by atoms with E-state index in [0.29, 0.717) is 6.54 Å². The summed E-state index contributed by atoms with van der Waals surface area (Å²) in [5.41, 5.74) is 1.76. The first kappa shape index (κ1) is 14.7. The van der Waals surface area contributed by atoms with Crippen LogP contribution in [0.1, 0.15) is 28.8 Å². The van der Waals surface area contributed by atoms with E-state index in [1.807, 2.05) is 42.6 Å². The highest BCUT2D eigenvalue weighted by molar-refractivity contribution is 7.09. The normalized spacial score (nSPS) is 12.1. The highest BCUT2D eigenvalue weighted by Crippen LogP contribution is 2.15. The number of benzene rings is 1. The number of aromatic nitrogens is 1. The number of aryl methyl sites for hydroxylation is 1. The molecule has 1 heterocycles. The molecule has 1 atom stereocenters. The molecule has 0 aliphatic carbocycles. The van der Waals surface area contributed by atoms with Gasteiger partial charge in [0.2, 0.25) is 5.91 Å². The van der Waals surface area contributed by atoms with Crippen LogP contribution in [0.2, 0.25) is 0 Å². The van der Waals surface area contributed by atoms with Gasteiger partial charge in [-0.2, -0.15) is 0 Å². The van der Waals surface area contributed by atoms with Crippen molar-refractivity contribution in [3.63, 3.8) is 0 Å². The molecule has 1 aromatic heterocycles. The number of nitrogens with zero attached hydrogens (tertiary/aromatic N) is 1. The minimum Gasteiger partial charge on any atom is -0.388 e. The van der Waals surface area contributed by atoms with Crippen molar-refractivity contribution >= 4 is 17.2 Å². The summed E-state index contributed by atoms with van der Waals surface area (Å²) in [6, 6.07) is 9.21. The minimum absolute atomic E-state index is 0.0834. The first-order valence-corrected chi connectivity index (χ1v) is 7.44. The topological polar surface area (TPSA) is 62.2 Å². The molecule has 0 aliphatic rings. The number of aliphatic hydroxyl groups excluding tert-OH is 1. The van der Waals surface area contributed by atoms with Gasteiger partial charge in [-0.1, -0.05) is 30.3 Å². The van der Waals surface area contributed by atoms with Gasteiger partial charge in [-0.05, 0) is 12.5 Å². The Labute approximate surface area is 122 Å². The number of carbonyl (C=O) groups excluding carboxylic acids is 1. The molecule has 0 fully saturated rings. The molecule has 4 nitrogen and oxygen atoms in total. The Morgan fingerprint density at radius 1 is 1.40 bits per heavy atom. The van der Waals surface area contributed by atoms with Crippen molar-refractivity contribution < 1.29 is 9.90 Å². The van der Waals surface area contributed by atoms with Crippen LogP contribution in [0.5, 0.6) is 0 Å². The zero-order chi connectivity index (χ0) is 14.4. The average molecular weight is 290 g/mol. The van der Waals surface area contributed by atoms with Crippen molar-refractivity contribution in [3.8, 4) is 0 Å². The molecule has 0 bridgehead atoms. The molecule has 1 unspecified atom stereocenters. The van der Waals surface area contributed by atoms with Crippen molar-refractivity contribution in [2.75, 3.05) is 6.54 Å². The Morgan fingerprint density at radius 2 is 2.15 bits per heavy atom. The Balaban J connectivity index is 1.73. The second kappa shape index (κ2) is 7.17. The monoisotopic (exact) mass is 290 g/mol. The standard InChI is InChI=1S/C15H18N2O2S/c1-11-17-13(10-20-11)7-8-16-15(19)9-14(18)12-5-3-2-4-6-12/h2-6,10,14,18H,7-9H2,1H3,(H,16,19). The van der Waals surface area contributed by atoms with Crippen LogP contribution >= 0.6 is 11.3 Å². The third-order valence-electron chi connectivity index (χ3n) is 2.93. The zero-order valence-electron chi connectivity index (χ0n) is 11.4. The number of carbonyl (C=O) groups is 1. The predicted octanol–water partition coefficient (Wildman–Crippen LogP) is 2.23. The van der Waals surface area contributed by atoms with Crippen molar-refractivity contribution in [2.24, 2.45) is 0 Å². The third kappa shape index (κ3) is 4.43. The van der Waals surface area contributed by atoms with Gasteiger partial charge in [-0.15, -0.1) is 11.3 Å². The van der Waals surface area contributed by atoms with E-state index in [9.17, 15) is 9.90 Å². The largest absolute Gasteiger partial charge is 0.388 e. The van der Waals surface area contributed by atoms with Gasteiger partial charge in [-0.3, -0.25) is 4.79 Å². The van der Waals surface area contributed by atoms with Gasteiger partial charge < -0.3 is 10.4 Å². The fourth-order valence-electron chi connectivity index (χ4n) is 1.89. The number of hydrogen-bond acceptors (Lipinski definition) is 4. The van der Waals surface area contributed by atoms with Crippen LogP contribution < -0.4 is 5.32 Å². The molecule has 2 aromatic rings. The molecule has 1 aromatic carbocycles. The fourth-order valence-corrected chi connectivity index (χ4v) is 2.54.